The van der Waals surface area contributed by atoms with Gasteiger partial charge in [0.05, 0.1) is 19.3 Å². The molecule has 0 atom stereocenters. The van der Waals surface area contributed by atoms with Gasteiger partial charge in [-0.25, -0.2) is 0 Å². The fraction of sp³-hybridized carbons (Fsp3) is 0.500. The maximum Gasteiger partial charge on any atom is 0.173 e. The second-order valence-corrected chi connectivity index (χ2v) is 4.81. The fourth-order valence-electron chi connectivity index (χ4n) is 1.99. The van der Waals surface area contributed by atoms with Gasteiger partial charge in [-0.15, -0.1) is 0 Å². The second kappa shape index (κ2) is 7.72. The molecule has 0 aliphatic rings. The van der Waals surface area contributed by atoms with Crippen LogP contribution in [0.2, 0.25) is 0 Å². The van der Waals surface area contributed by atoms with Gasteiger partial charge in [-0.05, 0) is 31.5 Å². The first-order valence-electron chi connectivity index (χ1n) is 6.53. The lowest BCUT2D eigenvalue weighted by Gasteiger charge is -2.26. The van der Waals surface area contributed by atoms with Gasteiger partial charge in [0, 0.05) is 19.1 Å². The molecule has 0 spiro atoms. The van der Waals surface area contributed by atoms with Crippen molar-refractivity contribution in [3.05, 3.63) is 29.3 Å². The Bertz CT molecular complexity index is 461. The van der Waals surface area contributed by atoms with Gasteiger partial charge in [0.2, 0.25) is 0 Å². The Balaban J connectivity index is 3.02. The minimum Gasteiger partial charge on any atom is -0.496 e. The molecule has 1 aromatic rings. The molecule has 4 N–H and O–H groups in total. The summed E-state index contributed by atoms with van der Waals surface area (Å²) in [6.45, 7) is 5.53. The van der Waals surface area contributed by atoms with Crippen molar-refractivity contribution < 1.29 is 15.1 Å². The first kappa shape index (κ1) is 16.3. The predicted octanol–water partition coefficient (Wildman–Crippen LogP) is 0.992. The minimum absolute atomic E-state index is 0.0157. The van der Waals surface area contributed by atoms with E-state index in [0.717, 1.165) is 5.56 Å². The van der Waals surface area contributed by atoms with Gasteiger partial charge in [-0.2, -0.15) is 0 Å². The van der Waals surface area contributed by atoms with Gasteiger partial charge >= 0.3 is 0 Å². The van der Waals surface area contributed by atoms with E-state index in [1.165, 1.54) is 7.11 Å². The lowest BCUT2D eigenvalue weighted by atomic mass is 10.1. The van der Waals surface area contributed by atoms with Crippen molar-refractivity contribution in [2.24, 2.45) is 10.9 Å². The lowest BCUT2D eigenvalue weighted by Crippen LogP contribution is -2.33. The van der Waals surface area contributed by atoms with Crippen LogP contribution in [-0.2, 0) is 6.54 Å². The maximum atomic E-state index is 9.09. The van der Waals surface area contributed by atoms with Crippen LogP contribution in [0, 0.1) is 0 Å². The molecule has 6 nitrogen and oxygen atoms in total. The Morgan fingerprint density at radius 3 is 2.65 bits per heavy atom. The minimum atomic E-state index is 0.0157. The Morgan fingerprint density at radius 1 is 1.45 bits per heavy atom. The van der Waals surface area contributed by atoms with Crippen LogP contribution in [0.25, 0.3) is 0 Å². The molecule has 0 aliphatic carbocycles. The first-order valence-corrected chi connectivity index (χ1v) is 6.53. The van der Waals surface area contributed by atoms with E-state index in [0.29, 0.717) is 30.4 Å². The molecule has 0 bridgehead atoms. The number of hydrogen-bond donors (Lipinski definition) is 3. The zero-order chi connectivity index (χ0) is 15.1. The zero-order valence-electron chi connectivity index (χ0n) is 12.2. The van der Waals surface area contributed by atoms with E-state index in [4.69, 9.17) is 20.8 Å². The highest BCUT2D eigenvalue weighted by atomic mass is 16.5. The molecule has 1 aromatic carbocycles. The number of aliphatic hydroxyl groups is 1. The summed E-state index contributed by atoms with van der Waals surface area (Å²) in [5.41, 5.74) is 7.22. The highest BCUT2D eigenvalue weighted by Crippen LogP contribution is 2.21. The largest absolute Gasteiger partial charge is 0.496 e. The number of hydrogen-bond acceptors (Lipinski definition) is 5. The number of nitrogens with two attached hydrogens (primary N) is 1. The third-order valence-electron chi connectivity index (χ3n) is 3.15. The Kier molecular flexibility index (Phi) is 6.27. The number of oxime groups is 1. The van der Waals surface area contributed by atoms with E-state index in [1.54, 1.807) is 6.07 Å². The fourth-order valence-corrected chi connectivity index (χ4v) is 1.99. The van der Waals surface area contributed by atoms with Gasteiger partial charge < -0.3 is 20.8 Å². The number of ether oxygens (including phenoxy) is 1. The number of amidine groups is 1. The molecule has 20 heavy (non-hydrogen) atoms. The van der Waals surface area contributed by atoms with E-state index >= 15 is 0 Å². The molecular weight excluding hydrogens is 258 g/mol. The third kappa shape index (κ3) is 4.11. The summed E-state index contributed by atoms with van der Waals surface area (Å²) in [4.78, 5) is 2.14. The SMILES string of the molecule is COc1ccc(CN(CCO)C(C)C)cc1C(N)=NO. The van der Waals surface area contributed by atoms with E-state index in [-0.39, 0.29) is 12.4 Å². The van der Waals surface area contributed by atoms with Gasteiger partial charge in [-0.1, -0.05) is 11.2 Å². The number of rotatable bonds is 7. The summed E-state index contributed by atoms with van der Waals surface area (Å²) in [5, 5.41) is 20.9. The predicted molar refractivity (Wildman–Crippen MR) is 78.1 cm³/mol. The number of aliphatic hydroxyl groups excluding tert-OH is 1. The zero-order valence-corrected chi connectivity index (χ0v) is 12.2. The van der Waals surface area contributed by atoms with Crippen molar-refractivity contribution in [2.45, 2.75) is 26.4 Å². The van der Waals surface area contributed by atoms with Crippen molar-refractivity contribution in [3.63, 3.8) is 0 Å². The molecular formula is C14H23N3O3. The normalized spacial score (nSPS) is 12.2. The van der Waals surface area contributed by atoms with Gasteiger partial charge in [0.15, 0.2) is 5.84 Å². The van der Waals surface area contributed by atoms with Crippen LogP contribution in [0.4, 0.5) is 0 Å². The monoisotopic (exact) mass is 281 g/mol. The second-order valence-electron chi connectivity index (χ2n) is 4.81. The smallest absolute Gasteiger partial charge is 0.173 e. The molecule has 0 aromatic heterocycles. The van der Waals surface area contributed by atoms with E-state index in [1.807, 2.05) is 12.1 Å². The number of benzene rings is 1. The molecule has 6 heteroatoms. The quantitative estimate of drug-likeness (QED) is 0.300. The number of methoxy groups -OCH3 is 1. The molecule has 112 valence electrons. The van der Waals surface area contributed by atoms with E-state index in [2.05, 4.69) is 23.9 Å². The van der Waals surface area contributed by atoms with Crippen LogP contribution >= 0.6 is 0 Å². The molecule has 0 saturated carbocycles. The van der Waals surface area contributed by atoms with Crippen LogP contribution in [0.5, 0.6) is 5.75 Å². The standard InChI is InChI=1S/C14H23N3O3/c1-10(2)17(6-7-18)9-11-4-5-13(20-3)12(8-11)14(15)16-19/h4-5,8,10,18-19H,6-7,9H2,1-3H3,(H2,15,16). The summed E-state index contributed by atoms with van der Waals surface area (Å²) in [5.74, 6) is 0.573. The van der Waals surface area contributed by atoms with Crippen LogP contribution in [0.1, 0.15) is 25.0 Å². The van der Waals surface area contributed by atoms with Crippen LogP contribution in [0.3, 0.4) is 0 Å². The highest BCUT2D eigenvalue weighted by molar-refractivity contribution is 5.99. The van der Waals surface area contributed by atoms with Crippen molar-refractivity contribution in [1.82, 2.24) is 4.90 Å². The van der Waals surface area contributed by atoms with Gasteiger partial charge in [-0.3, -0.25) is 4.90 Å². The molecule has 0 aliphatic heterocycles. The highest BCUT2D eigenvalue weighted by Gasteiger charge is 2.13. The van der Waals surface area contributed by atoms with Crippen LogP contribution in [0.15, 0.2) is 23.4 Å². The summed E-state index contributed by atoms with van der Waals surface area (Å²) < 4.78 is 5.20. The molecule has 1 rings (SSSR count). The Hall–Kier alpha value is -1.79. The lowest BCUT2D eigenvalue weighted by molar-refractivity contribution is 0.159. The molecule has 0 fully saturated rings. The van der Waals surface area contributed by atoms with Crippen molar-refractivity contribution in [3.8, 4) is 5.75 Å². The van der Waals surface area contributed by atoms with E-state index < -0.39 is 0 Å². The third-order valence-corrected chi connectivity index (χ3v) is 3.15. The molecule has 0 radical (unpaired) electrons. The average molecular weight is 281 g/mol. The van der Waals surface area contributed by atoms with Crippen molar-refractivity contribution >= 4 is 5.84 Å². The summed E-state index contributed by atoms with van der Waals surface area (Å²) in [6, 6.07) is 5.87. The van der Waals surface area contributed by atoms with Gasteiger partial charge in [0.25, 0.3) is 0 Å². The van der Waals surface area contributed by atoms with Crippen LogP contribution < -0.4 is 10.5 Å². The van der Waals surface area contributed by atoms with Crippen molar-refractivity contribution in [1.29, 1.82) is 0 Å². The van der Waals surface area contributed by atoms with Gasteiger partial charge in [0.1, 0.15) is 5.75 Å². The Morgan fingerprint density at radius 2 is 2.15 bits per heavy atom. The molecule has 0 unspecified atom stereocenters. The molecule has 0 saturated heterocycles. The maximum absolute atomic E-state index is 9.09. The topological polar surface area (TPSA) is 91.3 Å². The summed E-state index contributed by atoms with van der Waals surface area (Å²) in [6.07, 6.45) is 0. The van der Waals surface area contributed by atoms with E-state index in [9.17, 15) is 0 Å². The Labute approximate surface area is 119 Å². The molecule has 0 heterocycles. The average Bonchev–Trinajstić information content (AvgIpc) is 2.45. The van der Waals surface area contributed by atoms with Crippen molar-refractivity contribution in [2.75, 3.05) is 20.3 Å². The molecule has 0 amide bonds. The summed E-state index contributed by atoms with van der Waals surface area (Å²) in [7, 11) is 1.54. The number of nitrogens with zero attached hydrogens (tertiary/aromatic N) is 2. The summed E-state index contributed by atoms with van der Waals surface area (Å²) >= 11 is 0. The van der Waals surface area contributed by atoms with Crippen LogP contribution in [-0.4, -0.2) is 47.4 Å². The first-order chi connectivity index (χ1) is 9.53.